The van der Waals surface area contributed by atoms with Gasteiger partial charge in [0.05, 0.1) is 5.02 Å². The molecule has 2 aromatic carbocycles. The van der Waals surface area contributed by atoms with Crippen LogP contribution in [0.1, 0.15) is 48.2 Å². The maximum Gasteiger partial charge on any atom is 0.251 e. The molecule has 2 heterocycles. The molecular weight excluding hydrogens is 502 g/mol. The monoisotopic (exact) mass is 530 g/mol. The van der Waals surface area contributed by atoms with Gasteiger partial charge < -0.3 is 20.7 Å². The van der Waals surface area contributed by atoms with Crippen molar-refractivity contribution in [1.82, 2.24) is 15.2 Å². The maximum atomic E-state index is 14.0. The van der Waals surface area contributed by atoms with Gasteiger partial charge in [-0.15, -0.1) is 0 Å². The summed E-state index contributed by atoms with van der Waals surface area (Å²) in [7, 11) is 0. The van der Waals surface area contributed by atoms with Gasteiger partial charge >= 0.3 is 0 Å². The highest BCUT2D eigenvalue weighted by atomic mass is 35.5. The number of nitrogens with one attached hydrogen (secondary N) is 1. The molecular formula is C27H29Cl2FN4O2. The second-order valence-electron chi connectivity index (χ2n) is 8.86. The summed E-state index contributed by atoms with van der Waals surface area (Å²) in [5.74, 6) is -0.242. The van der Waals surface area contributed by atoms with Crippen LogP contribution in [0.5, 0.6) is 5.75 Å². The summed E-state index contributed by atoms with van der Waals surface area (Å²) in [6.07, 6.45) is 4.37. The van der Waals surface area contributed by atoms with Crippen molar-refractivity contribution >= 4 is 34.9 Å². The molecule has 3 N–H and O–H groups in total. The Balaban J connectivity index is 1.45. The van der Waals surface area contributed by atoms with Crippen LogP contribution in [0, 0.1) is 5.82 Å². The van der Waals surface area contributed by atoms with Crippen LogP contribution in [-0.2, 0) is 0 Å². The first-order valence-corrected chi connectivity index (χ1v) is 12.8. The van der Waals surface area contributed by atoms with Crippen molar-refractivity contribution in [3.05, 3.63) is 75.7 Å². The minimum atomic E-state index is -0.683. The summed E-state index contributed by atoms with van der Waals surface area (Å²) in [6.45, 7) is 5.64. The van der Waals surface area contributed by atoms with E-state index < -0.39 is 11.9 Å². The number of amides is 1. The Bertz CT molecular complexity index is 1230. The van der Waals surface area contributed by atoms with E-state index in [1.165, 1.54) is 25.0 Å². The zero-order chi connectivity index (χ0) is 25.7. The second-order valence-corrected chi connectivity index (χ2v) is 9.65. The van der Waals surface area contributed by atoms with Gasteiger partial charge in [-0.05, 0) is 81.7 Å². The topological polar surface area (TPSA) is 80.5 Å². The molecule has 0 saturated carbocycles. The van der Waals surface area contributed by atoms with Crippen LogP contribution in [0.3, 0.4) is 0 Å². The van der Waals surface area contributed by atoms with E-state index in [0.29, 0.717) is 29.0 Å². The fourth-order valence-electron chi connectivity index (χ4n) is 4.33. The van der Waals surface area contributed by atoms with Gasteiger partial charge in [0.1, 0.15) is 11.9 Å². The van der Waals surface area contributed by atoms with E-state index in [1.54, 1.807) is 31.3 Å². The van der Waals surface area contributed by atoms with Crippen LogP contribution in [0.2, 0.25) is 10.0 Å². The minimum absolute atomic E-state index is 0.100. The van der Waals surface area contributed by atoms with E-state index in [4.69, 9.17) is 33.7 Å². The first-order valence-electron chi connectivity index (χ1n) is 12.0. The summed E-state index contributed by atoms with van der Waals surface area (Å²) in [5.41, 5.74) is 8.43. The number of carbonyl (C=O) groups excluding carboxylic acids is 1. The Morgan fingerprint density at radius 1 is 1.19 bits per heavy atom. The molecule has 6 nitrogen and oxygen atoms in total. The molecule has 36 heavy (non-hydrogen) atoms. The lowest BCUT2D eigenvalue weighted by Crippen LogP contribution is -2.28. The first kappa shape index (κ1) is 26.2. The number of pyridine rings is 1. The summed E-state index contributed by atoms with van der Waals surface area (Å²) in [4.78, 5) is 19.4. The lowest BCUT2D eigenvalue weighted by atomic mass is 10.0. The molecule has 1 aromatic heterocycles. The van der Waals surface area contributed by atoms with Crippen LogP contribution in [0.15, 0.2) is 48.7 Å². The molecule has 0 aliphatic carbocycles. The van der Waals surface area contributed by atoms with Crippen molar-refractivity contribution < 1.29 is 13.9 Å². The highest BCUT2D eigenvalue weighted by molar-refractivity contribution is 6.36. The molecule has 1 unspecified atom stereocenters. The fraction of sp³-hybridized carbons (Fsp3) is 0.333. The van der Waals surface area contributed by atoms with E-state index >= 15 is 0 Å². The summed E-state index contributed by atoms with van der Waals surface area (Å²) in [6, 6.07) is 11.6. The first-order chi connectivity index (χ1) is 17.3. The number of aromatic nitrogens is 1. The lowest BCUT2D eigenvalue weighted by Gasteiger charge is -2.19. The van der Waals surface area contributed by atoms with Crippen LogP contribution in [0.4, 0.5) is 10.2 Å². The minimum Gasteiger partial charge on any atom is -0.482 e. The number of likely N-dealkylation sites (tertiary alicyclic amines) is 1. The van der Waals surface area contributed by atoms with Gasteiger partial charge in [0.15, 0.2) is 11.6 Å². The van der Waals surface area contributed by atoms with Crippen molar-refractivity contribution in [2.24, 2.45) is 0 Å². The average molecular weight is 531 g/mol. The van der Waals surface area contributed by atoms with Crippen LogP contribution in [0.25, 0.3) is 11.1 Å². The zero-order valence-corrected chi connectivity index (χ0v) is 21.6. The molecule has 1 saturated heterocycles. The number of rotatable bonds is 9. The van der Waals surface area contributed by atoms with E-state index in [1.807, 2.05) is 12.1 Å². The molecule has 0 spiro atoms. The van der Waals surface area contributed by atoms with Crippen molar-refractivity contribution in [3.63, 3.8) is 0 Å². The lowest BCUT2D eigenvalue weighted by molar-refractivity contribution is 0.0952. The van der Waals surface area contributed by atoms with Gasteiger partial charge in [-0.2, -0.15) is 0 Å². The Morgan fingerprint density at radius 3 is 2.75 bits per heavy atom. The molecule has 1 amide bonds. The molecule has 190 valence electrons. The zero-order valence-electron chi connectivity index (χ0n) is 20.1. The Labute approximate surface area is 220 Å². The molecule has 1 fully saturated rings. The van der Waals surface area contributed by atoms with E-state index in [2.05, 4.69) is 15.2 Å². The maximum absolute atomic E-state index is 14.0. The van der Waals surface area contributed by atoms with Gasteiger partial charge in [0, 0.05) is 34.5 Å². The largest absolute Gasteiger partial charge is 0.482 e. The Morgan fingerprint density at radius 2 is 1.97 bits per heavy atom. The number of carbonyl (C=O) groups is 1. The van der Waals surface area contributed by atoms with Crippen molar-refractivity contribution in [2.45, 2.75) is 32.3 Å². The van der Waals surface area contributed by atoms with Gasteiger partial charge in [0.2, 0.25) is 0 Å². The highest BCUT2D eigenvalue weighted by Gasteiger charge is 2.20. The van der Waals surface area contributed by atoms with Crippen LogP contribution in [-0.4, -0.2) is 42.0 Å². The number of benzene rings is 2. The van der Waals surface area contributed by atoms with Gasteiger partial charge in [-0.1, -0.05) is 35.3 Å². The molecule has 1 atom stereocenters. The van der Waals surface area contributed by atoms with Crippen molar-refractivity contribution in [1.29, 1.82) is 0 Å². The summed E-state index contributed by atoms with van der Waals surface area (Å²) < 4.78 is 20.0. The molecule has 0 radical (unpaired) electrons. The van der Waals surface area contributed by atoms with Gasteiger partial charge in [0.25, 0.3) is 5.91 Å². The number of anilines is 1. The standard InChI is InChI=1S/C27H29Cl2FN4O2/c1-17(24-21(28)8-9-22(30)25(24)29)36-23-15-20(16-33-26(23)31)18-6-4-7-19(14-18)27(35)32-10-5-13-34-11-2-3-12-34/h4,6-9,14-17H,2-3,5,10-13H2,1H3,(H2,31,33)(H,32,35). The third-order valence-electron chi connectivity index (χ3n) is 6.26. The third kappa shape index (κ3) is 6.27. The fourth-order valence-corrected chi connectivity index (χ4v) is 5.00. The summed E-state index contributed by atoms with van der Waals surface area (Å²) in [5, 5.41) is 3.19. The Hall–Kier alpha value is -2.87. The number of nitrogen functional groups attached to an aromatic ring is 1. The molecule has 9 heteroatoms. The van der Waals surface area contributed by atoms with Crippen molar-refractivity contribution in [3.8, 4) is 16.9 Å². The van der Waals surface area contributed by atoms with Crippen LogP contribution < -0.4 is 15.8 Å². The van der Waals surface area contributed by atoms with E-state index in [-0.39, 0.29) is 21.8 Å². The van der Waals surface area contributed by atoms with Crippen molar-refractivity contribution in [2.75, 3.05) is 31.9 Å². The molecule has 1 aliphatic heterocycles. The number of ether oxygens (including phenoxy) is 1. The number of hydrogen-bond acceptors (Lipinski definition) is 5. The van der Waals surface area contributed by atoms with E-state index in [0.717, 1.165) is 31.6 Å². The Kier molecular flexibility index (Phi) is 8.67. The molecule has 1 aliphatic rings. The van der Waals surface area contributed by atoms with Crippen LogP contribution >= 0.6 is 23.2 Å². The molecule has 4 rings (SSSR count). The smallest absolute Gasteiger partial charge is 0.251 e. The quantitative estimate of drug-likeness (QED) is 0.257. The normalized spacial score (nSPS) is 14.6. The predicted octanol–water partition coefficient (Wildman–Crippen LogP) is 6.13. The molecule has 3 aromatic rings. The predicted molar refractivity (Wildman–Crippen MR) is 142 cm³/mol. The summed E-state index contributed by atoms with van der Waals surface area (Å²) >= 11 is 12.4. The highest BCUT2D eigenvalue weighted by Crippen LogP contribution is 2.37. The average Bonchev–Trinajstić information content (AvgIpc) is 3.39. The van der Waals surface area contributed by atoms with Gasteiger partial charge in [-0.3, -0.25) is 4.79 Å². The molecule has 0 bridgehead atoms. The van der Waals surface area contributed by atoms with E-state index in [9.17, 15) is 9.18 Å². The number of nitrogens with two attached hydrogens (primary N) is 1. The third-order valence-corrected chi connectivity index (χ3v) is 6.98. The van der Waals surface area contributed by atoms with Gasteiger partial charge in [-0.25, -0.2) is 9.37 Å². The number of halogens is 3. The SMILES string of the molecule is CC(Oc1cc(-c2cccc(C(=O)NCCCN3CCCC3)c2)cnc1N)c1c(Cl)ccc(F)c1Cl. The number of hydrogen-bond donors (Lipinski definition) is 2. The number of nitrogens with zero attached hydrogens (tertiary/aromatic N) is 2. The second kappa shape index (κ2) is 11.9.